The number of nitrogens with two attached hydrogens (primary N) is 1. The van der Waals surface area contributed by atoms with Gasteiger partial charge in [0.2, 0.25) is 0 Å². The summed E-state index contributed by atoms with van der Waals surface area (Å²) in [4.78, 5) is 0. The van der Waals surface area contributed by atoms with Crippen LogP contribution in [-0.4, -0.2) is 12.7 Å². The highest BCUT2D eigenvalue weighted by atomic mass is 16.5. The van der Waals surface area contributed by atoms with E-state index in [0.29, 0.717) is 5.92 Å². The van der Waals surface area contributed by atoms with Gasteiger partial charge in [0.05, 0.1) is 6.10 Å². The average Bonchev–Trinajstić information content (AvgIpc) is 3.10. The molecular formula is C17H23NO2. The molecule has 1 saturated heterocycles. The largest absolute Gasteiger partial charge is 0.461 e. The fraction of sp³-hybridized carbons (Fsp3) is 0.529. The zero-order chi connectivity index (χ0) is 14.1. The number of aryl methyl sites for hydroxylation is 1. The van der Waals surface area contributed by atoms with Gasteiger partial charge in [0.1, 0.15) is 11.3 Å². The molecule has 2 N–H and O–H groups in total. The van der Waals surface area contributed by atoms with E-state index >= 15 is 0 Å². The summed E-state index contributed by atoms with van der Waals surface area (Å²) in [5.41, 5.74) is 8.75. The number of furan rings is 1. The highest BCUT2D eigenvalue weighted by Crippen LogP contribution is 2.39. The minimum Gasteiger partial charge on any atom is -0.461 e. The van der Waals surface area contributed by atoms with E-state index in [4.69, 9.17) is 14.9 Å². The third-order valence-electron chi connectivity index (χ3n) is 4.49. The second-order valence-electron chi connectivity index (χ2n) is 5.58. The van der Waals surface area contributed by atoms with E-state index in [9.17, 15) is 0 Å². The monoisotopic (exact) mass is 273 g/mol. The van der Waals surface area contributed by atoms with Crippen molar-refractivity contribution in [2.24, 2.45) is 11.7 Å². The van der Waals surface area contributed by atoms with Gasteiger partial charge in [-0.15, -0.1) is 0 Å². The SMILES string of the molecule is CCc1oc2ccccc2c1C(N)C1CCOC1CC. The number of rotatable bonds is 4. The van der Waals surface area contributed by atoms with Crippen molar-refractivity contribution >= 4 is 11.0 Å². The normalized spacial score (nSPS) is 24.4. The maximum absolute atomic E-state index is 6.61. The molecule has 1 aromatic carbocycles. The molecule has 3 heteroatoms. The van der Waals surface area contributed by atoms with Crippen LogP contribution in [0.25, 0.3) is 11.0 Å². The molecule has 3 atom stereocenters. The van der Waals surface area contributed by atoms with Crippen LogP contribution in [-0.2, 0) is 11.2 Å². The molecule has 1 aliphatic rings. The molecule has 0 bridgehead atoms. The van der Waals surface area contributed by atoms with Crippen molar-refractivity contribution in [1.29, 1.82) is 0 Å². The maximum Gasteiger partial charge on any atom is 0.134 e. The smallest absolute Gasteiger partial charge is 0.134 e. The van der Waals surface area contributed by atoms with E-state index < -0.39 is 0 Å². The molecule has 0 aliphatic carbocycles. The quantitative estimate of drug-likeness (QED) is 0.921. The summed E-state index contributed by atoms with van der Waals surface area (Å²) in [5.74, 6) is 1.42. The summed E-state index contributed by atoms with van der Waals surface area (Å²) in [7, 11) is 0. The van der Waals surface area contributed by atoms with Crippen LogP contribution in [0.2, 0.25) is 0 Å². The molecule has 3 rings (SSSR count). The van der Waals surface area contributed by atoms with Gasteiger partial charge in [0, 0.05) is 35.9 Å². The topological polar surface area (TPSA) is 48.4 Å². The molecule has 0 radical (unpaired) electrons. The van der Waals surface area contributed by atoms with Gasteiger partial charge in [0.15, 0.2) is 0 Å². The fourth-order valence-electron chi connectivity index (χ4n) is 3.45. The molecule has 1 fully saturated rings. The van der Waals surface area contributed by atoms with Gasteiger partial charge >= 0.3 is 0 Å². The molecular weight excluding hydrogens is 250 g/mol. The van der Waals surface area contributed by atoms with Crippen LogP contribution in [0.1, 0.15) is 44.1 Å². The van der Waals surface area contributed by atoms with Crippen LogP contribution < -0.4 is 5.73 Å². The van der Waals surface area contributed by atoms with Crippen molar-refractivity contribution in [2.75, 3.05) is 6.61 Å². The molecule has 20 heavy (non-hydrogen) atoms. The molecule has 2 aromatic rings. The van der Waals surface area contributed by atoms with Crippen molar-refractivity contribution in [3.8, 4) is 0 Å². The summed E-state index contributed by atoms with van der Waals surface area (Å²) < 4.78 is 11.8. The predicted molar refractivity (Wildman–Crippen MR) is 80.7 cm³/mol. The molecule has 3 unspecified atom stereocenters. The van der Waals surface area contributed by atoms with Gasteiger partial charge in [0.25, 0.3) is 0 Å². The molecule has 3 nitrogen and oxygen atoms in total. The lowest BCUT2D eigenvalue weighted by Gasteiger charge is -2.24. The Labute approximate surface area is 120 Å². The zero-order valence-electron chi connectivity index (χ0n) is 12.3. The van der Waals surface area contributed by atoms with Gasteiger partial charge in [-0.05, 0) is 18.9 Å². The number of para-hydroxylation sites is 1. The molecule has 0 saturated carbocycles. The van der Waals surface area contributed by atoms with Gasteiger partial charge in [-0.25, -0.2) is 0 Å². The van der Waals surface area contributed by atoms with Crippen molar-refractivity contribution < 1.29 is 9.15 Å². The van der Waals surface area contributed by atoms with Crippen LogP contribution in [0.5, 0.6) is 0 Å². The van der Waals surface area contributed by atoms with E-state index in [2.05, 4.69) is 26.0 Å². The standard InChI is InChI=1S/C17H23NO2/c1-3-13-12(9-10-19-13)17(18)16-11-7-5-6-8-15(11)20-14(16)4-2/h5-8,12-13,17H,3-4,9-10,18H2,1-2H3. The first kappa shape index (κ1) is 13.7. The Bertz CT molecular complexity index is 590. The number of ether oxygens (including phenoxy) is 1. The minimum atomic E-state index is 0.000972. The number of hydrogen-bond acceptors (Lipinski definition) is 3. The lowest BCUT2D eigenvalue weighted by molar-refractivity contribution is 0.0813. The Morgan fingerprint density at radius 3 is 2.85 bits per heavy atom. The first-order valence-corrected chi connectivity index (χ1v) is 7.63. The third-order valence-corrected chi connectivity index (χ3v) is 4.49. The highest BCUT2D eigenvalue weighted by Gasteiger charge is 2.35. The molecule has 1 aliphatic heterocycles. The predicted octanol–water partition coefficient (Wildman–Crippen LogP) is 3.81. The van der Waals surface area contributed by atoms with E-state index in [0.717, 1.165) is 37.2 Å². The summed E-state index contributed by atoms with van der Waals surface area (Å²) >= 11 is 0. The Morgan fingerprint density at radius 1 is 1.30 bits per heavy atom. The molecule has 1 aromatic heterocycles. The average molecular weight is 273 g/mol. The summed E-state index contributed by atoms with van der Waals surface area (Å²) in [5, 5.41) is 1.17. The second-order valence-corrected chi connectivity index (χ2v) is 5.58. The highest BCUT2D eigenvalue weighted by molar-refractivity contribution is 5.82. The van der Waals surface area contributed by atoms with E-state index in [-0.39, 0.29) is 12.1 Å². The second kappa shape index (κ2) is 5.58. The Hall–Kier alpha value is -1.32. The minimum absolute atomic E-state index is 0.000972. The fourth-order valence-corrected chi connectivity index (χ4v) is 3.45. The summed E-state index contributed by atoms with van der Waals surface area (Å²) in [6.07, 6.45) is 3.23. The summed E-state index contributed by atoms with van der Waals surface area (Å²) in [6.45, 7) is 5.12. The van der Waals surface area contributed by atoms with E-state index in [1.54, 1.807) is 0 Å². The zero-order valence-corrected chi connectivity index (χ0v) is 12.3. The first-order chi connectivity index (χ1) is 9.76. The summed E-state index contributed by atoms with van der Waals surface area (Å²) in [6, 6.07) is 8.20. The van der Waals surface area contributed by atoms with Crippen LogP contribution in [0.15, 0.2) is 28.7 Å². The van der Waals surface area contributed by atoms with Crippen LogP contribution >= 0.6 is 0 Å². The Morgan fingerprint density at radius 2 is 2.10 bits per heavy atom. The van der Waals surface area contributed by atoms with E-state index in [1.807, 2.05) is 12.1 Å². The van der Waals surface area contributed by atoms with Crippen LogP contribution in [0, 0.1) is 5.92 Å². The maximum atomic E-state index is 6.61. The number of benzene rings is 1. The van der Waals surface area contributed by atoms with Crippen molar-refractivity contribution in [3.63, 3.8) is 0 Å². The van der Waals surface area contributed by atoms with Gasteiger partial charge in [-0.2, -0.15) is 0 Å². The molecule has 108 valence electrons. The lowest BCUT2D eigenvalue weighted by Crippen LogP contribution is -2.28. The Kier molecular flexibility index (Phi) is 3.81. The van der Waals surface area contributed by atoms with E-state index in [1.165, 1.54) is 10.9 Å². The first-order valence-electron chi connectivity index (χ1n) is 7.63. The van der Waals surface area contributed by atoms with Gasteiger partial charge in [-0.3, -0.25) is 0 Å². The molecule has 2 heterocycles. The lowest BCUT2D eigenvalue weighted by atomic mass is 9.86. The van der Waals surface area contributed by atoms with Gasteiger partial charge < -0.3 is 14.9 Å². The Balaban J connectivity index is 2.04. The van der Waals surface area contributed by atoms with Crippen molar-refractivity contribution in [1.82, 2.24) is 0 Å². The van der Waals surface area contributed by atoms with Crippen LogP contribution in [0.3, 0.4) is 0 Å². The third kappa shape index (κ3) is 2.15. The van der Waals surface area contributed by atoms with Crippen molar-refractivity contribution in [2.45, 2.75) is 45.3 Å². The number of fused-ring (bicyclic) bond motifs is 1. The number of hydrogen-bond donors (Lipinski definition) is 1. The van der Waals surface area contributed by atoms with Crippen LogP contribution in [0.4, 0.5) is 0 Å². The van der Waals surface area contributed by atoms with Crippen molar-refractivity contribution in [3.05, 3.63) is 35.6 Å². The molecule has 0 spiro atoms. The molecule has 0 amide bonds. The van der Waals surface area contributed by atoms with Gasteiger partial charge in [-0.1, -0.05) is 32.0 Å².